The minimum atomic E-state index is 0.156. The second-order valence-electron chi connectivity index (χ2n) is 3.06. The molecule has 4 heteroatoms. The first-order chi connectivity index (χ1) is 6.74. The van der Waals surface area contributed by atoms with Crippen LogP contribution in [-0.4, -0.2) is 20.0 Å². The molecule has 0 amide bonds. The van der Waals surface area contributed by atoms with Gasteiger partial charge in [-0.25, -0.2) is 0 Å². The lowest BCUT2D eigenvalue weighted by Crippen LogP contribution is -1.98. The van der Waals surface area contributed by atoms with E-state index in [2.05, 4.69) is 5.10 Å². The largest absolute Gasteiger partial charge is 0.508 e. The lowest BCUT2D eigenvalue weighted by atomic mass is 10.2. The summed E-state index contributed by atoms with van der Waals surface area (Å²) >= 11 is 0. The Labute approximate surface area is 81.0 Å². The molecule has 1 aromatic carbocycles. The number of benzene rings is 1. The molecule has 2 aromatic rings. The van der Waals surface area contributed by atoms with Crippen molar-refractivity contribution in [1.29, 1.82) is 0 Å². The molecule has 1 aromatic heterocycles. The van der Waals surface area contributed by atoms with Crippen molar-refractivity contribution in [3.05, 3.63) is 42.2 Å². The summed E-state index contributed by atoms with van der Waals surface area (Å²) in [7, 11) is 0. The average molecular weight is 190 g/mol. The molecule has 1 heterocycles. The smallest absolute Gasteiger partial charge is 0.153 e. The topological polar surface area (TPSA) is 58.3 Å². The zero-order chi connectivity index (χ0) is 9.97. The van der Waals surface area contributed by atoms with E-state index in [0.29, 0.717) is 6.54 Å². The molecule has 2 rings (SSSR count). The lowest BCUT2D eigenvalue weighted by molar-refractivity contribution is 0.473. The molecule has 0 spiro atoms. The Hall–Kier alpha value is -1.97. The predicted molar refractivity (Wildman–Crippen MR) is 51.1 cm³/mol. The monoisotopic (exact) mass is 190 g/mol. The van der Waals surface area contributed by atoms with E-state index in [0.717, 1.165) is 5.56 Å². The molecule has 4 nitrogen and oxygen atoms in total. The lowest BCUT2D eigenvalue weighted by Gasteiger charge is -2.01. The van der Waals surface area contributed by atoms with Crippen molar-refractivity contribution >= 4 is 0 Å². The highest BCUT2D eigenvalue weighted by Gasteiger charge is 1.97. The molecule has 0 radical (unpaired) electrons. The zero-order valence-electron chi connectivity index (χ0n) is 7.46. The molecule has 72 valence electrons. The van der Waals surface area contributed by atoms with E-state index < -0.39 is 0 Å². The van der Waals surface area contributed by atoms with Crippen LogP contribution in [0.1, 0.15) is 5.56 Å². The maximum atomic E-state index is 9.06. The Kier molecular flexibility index (Phi) is 2.10. The molecule has 0 fully saturated rings. The van der Waals surface area contributed by atoms with Gasteiger partial charge in [0.05, 0.1) is 18.9 Å². The standard InChI is InChI=1S/C10H10N2O2/c13-9-3-1-8(2-4-9)6-12-7-10(14)5-11-12/h1-5,7,13-14H,6H2. The SMILES string of the molecule is Oc1ccc(Cn2cc(O)cn2)cc1. The molecule has 0 aliphatic carbocycles. The van der Waals surface area contributed by atoms with Crippen LogP contribution in [0.5, 0.6) is 11.5 Å². The zero-order valence-corrected chi connectivity index (χ0v) is 7.46. The quantitative estimate of drug-likeness (QED) is 0.751. The molecule has 14 heavy (non-hydrogen) atoms. The number of nitrogens with zero attached hydrogens (tertiary/aromatic N) is 2. The van der Waals surface area contributed by atoms with Gasteiger partial charge in [-0.05, 0) is 17.7 Å². The summed E-state index contributed by atoms with van der Waals surface area (Å²) in [6, 6.07) is 6.87. The molecule has 0 atom stereocenters. The van der Waals surface area contributed by atoms with E-state index in [1.165, 1.54) is 6.20 Å². The number of phenolic OH excluding ortho intramolecular Hbond substituents is 1. The van der Waals surface area contributed by atoms with Crippen LogP contribution in [0, 0.1) is 0 Å². The molecule has 0 saturated carbocycles. The van der Waals surface area contributed by atoms with Crippen molar-refractivity contribution in [3.8, 4) is 11.5 Å². The van der Waals surface area contributed by atoms with E-state index in [-0.39, 0.29) is 11.5 Å². The summed E-state index contributed by atoms with van der Waals surface area (Å²) in [5, 5.41) is 22.1. The summed E-state index contributed by atoms with van der Waals surface area (Å²) in [6.07, 6.45) is 2.94. The minimum Gasteiger partial charge on any atom is -0.508 e. The molecule has 0 unspecified atom stereocenters. The fraction of sp³-hybridized carbons (Fsp3) is 0.100. The molecule has 0 bridgehead atoms. The van der Waals surface area contributed by atoms with Gasteiger partial charge in [-0.1, -0.05) is 12.1 Å². The molecular weight excluding hydrogens is 180 g/mol. The van der Waals surface area contributed by atoms with Crippen molar-refractivity contribution in [2.75, 3.05) is 0 Å². The second-order valence-corrected chi connectivity index (χ2v) is 3.06. The number of hydrogen-bond donors (Lipinski definition) is 2. The normalized spacial score (nSPS) is 10.3. The fourth-order valence-corrected chi connectivity index (χ4v) is 1.23. The van der Waals surface area contributed by atoms with Gasteiger partial charge in [0.15, 0.2) is 5.75 Å². The van der Waals surface area contributed by atoms with Gasteiger partial charge in [-0.3, -0.25) is 4.68 Å². The van der Waals surface area contributed by atoms with Gasteiger partial charge in [0.1, 0.15) is 5.75 Å². The number of aromatic hydroxyl groups is 2. The van der Waals surface area contributed by atoms with Crippen molar-refractivity contribution in [3.63, 3.8) is 0 Å². The number of aromatic nitrogens is 2. The van der Waals surface area contributed by atoms with E-state index in [9.17, 15) is 0 Å². The third-order valence-corrected chi connectivity index (χ3v) is 1.90. The summed E-state index contributed by atoms with van der Waals surface area (Å²) in [5.41, 5.74) is 1.02. The second kappa shape index (κ2) is 3.41. The van der Waals surface area contributed by atoms with Gasteiger partial charge in [0.2, 0.25) is 0 Å². The van der Waals surface area contributed by atoms with Crippen molar-refractivity contribution in [2.24, 2.45) is 0 Å². The highest BCUT2D eigenvalue weighted by Crippen LogP contribution is 2.12. The fourth-order valence-electron chi connectivity index (χ4n) is 1.23. The van der Waals surface area contributed by atoms with Crippen LogP contribution >= 0.6 is 0 Å². The first-order valence-electron chi connectivity index (χ1n) is 4.23. The van der Waals surface area contributed by atoms with Crippen molar-refractivity contribution in [2.45, 2.75) is 6.54 Å². The van der Waals surface area contributed by atoms with Crippen LogP contribution in [0.3, 0.4) is 0 Å². The van der Waals surface area contributed by atoms with Gasteiger partial charge < -0.3 is 10.2 Å². The van der Waals surface area contributed by atoms with Gasteiger partial charge in [0, 0.05) is 0 Å². The van der Waals surface area contributed by atoms with Crippen LogP contribution in [-0.2, 0) is 6.54 Å². The van der Waals surface area contributed by atoms with Crippen molar-refractivity contribution < 1.29 is 10.2 Å². The first-order valence-corrected chi connectivity index (χ1v) is 4.23. The Morgan fingerprint density at radius 2 is 1.79 bits per heavy atom. The molecule has 0 aliphatic heterocycles. The summed E-state index contributed by atoms with van der Waals surface area (Å²) in [4.78, 5) is 0. The van der Waals surface area contributed by atoms with Crippen LogP contribution < -0.4 is 0 Å². The van der Waals surface area contributed by atoms with Crippen LogP contribution in [0.15, 0.2) is 36.7 Å². The third-order valence-electron chi connectivity index (χ3n) is 1.90. The van der Waals surface area contributed by atoms with Crippen LogP contribution in [0.2, 0.25) is 0 Å². The molecule has 0 aliphatic rings. The Morgan fingerprint density at radius 3 is 2.36 bits per heavy atom. The van der Waals surface area contributed by atoms with E-state index >= 15 is 0 Å². The maximum absolute atomic E-state index is 9.06. The van der Waals surface area contributed by atoms with E-state index in [1.807, 2.05) is 12.1 Å². The summed E-state index contributed by atoms with van der Waals surface area (Å²) < 4.78 is 1.63. The van der Waals surface area contributed by atoms with E-state index in [1.54, 1.807) is 23.0 Å². The number of hydrogen-bond acceptors (Lipinski definition) is 3. The molecular formula is C10H10N2O2. The van der Waals surface area contributed by atoms with Gasteiger partial charge in [-0.15, -0.1) is 0 Å². The van der Waals surface area contributed by atoms with Gasteiger partial charge in [0.25, 0.3) is 0 Å². The molecule has 0 saturated heterocycles. The Morgan fingerprint density at radius 1 is 1.07 bits per heavy atom. The highest BCUT2D eigenvalue weighted by atomic mass is 16.3. The van der Waals surface area contributed by atoms with Gasteiger partial charge in [-0.2, -0.15) is 5.10 Å². The summed E-state index contributed by atoms with van der Waals surface area (Å²) in [6.45, 7) is 0.584. The van der Waals surface area contributed by atoms with E-state index in [4.69, 9.17) is 10.2 Å². The van der Waals surface area contributed by atoms with Crippen molar-refractivity contribution in [1.82, 2.24) is 9.78 Å². The van der Waals surface area contributed by atoms with Crippen LogP contribution in [0.25, 0.3) is 0 Å². The third kappa shape index (κ3) is 1.85. The van der Waals surface area contributed by atoms with Gasteiger partial charge >= 0.3 is 0 Å². The number of rotatable bonds is 2. The molecule has 2 N–H and O–H groups in total. The van der Waals surface area contributed by atoms with Crippen LogP contribution in [0.4, 0.5) is 0 Å². The Bertz CT molecular complexity index is 420. The highest BCUT2D eigenvalue weighted by molar-refractivity contribution is 5.26. The maximum Gasteiger partial charge on any atom is 0.153 e. The predicted octanol–water partition coefficient (Wildman–Crippen LogP) is 1.34. The average Bonchev–Trinajstić information content (AvgIpc) is 2.56. The minimum absolute atomic E-state index is 0.156. The Balaban J connectivity index is 2.15. The number of phenols is 1. The summed E-state index contributed by atoms with van der Waals surface area (Å²) in [5.74, 6) is 0.404. The first kappa shape index (κ1) is 8.62.